The van der Waals surface area contributed by atoms with Crippen molar-refractivity contribution in [3.8, 4) is 0 Å². The Bertz CT molecular complexity index is 611. The van der Waals surface area contributed by atoms with Crippen LogP contribution in [0.15, 0.2) is 24.5 Å². The van der Waals surface area contributed by atoms with Crippen LogP contribution < -0.4 is 0 Å². The fraction of sp³-hybridized carbons (Fsp3) is 0.611. The summed E-state index contributed by atoms with van der Waals surface area (Å²) < 4.78 is 0. The Morgan fingerprint density at radius 2 is 1.96 bits per heavy atom. The largest absolute Gasteiger partial charge is 0.332 e. The molecular formula is C18H23N3O3. The number of aromatic nitrogens is 1. The first-order valence-electron chi connectivity index (χ1n) is 8.91. The highest BCUT2D eigenvalue weighted by Gasteiger charge is 2.47. The lowest BCUT2D eigenvalue weighted by Crippen LogP contribution is -2.50. The number of likely N-dealkylation sites (tertiary alicyclic amines) is 1. The highest BCUT2D eigenvalue weighted by molar-refractivity contribution is 5.85. The molecule has 2 aliphatic heterocycles. The molecule has 2 saturated heterocycles. The van der Waals surface area contributed by atoms with E-state index in [1.165, 1.54) is 5.06 Å². The number of pyridine rings is 1. The van der Waals surface area contributed by atoms with Gasteiger partial charge in [0.25, 0.3) is 5.91 Å². The Hall–Kier alpha value is -1.95. The van der Waals surface area contributed by atoms with Crippen LogP contribution in [0, 0.1) is 5.92 Å². The summed E-state index contributed by atoms with van der Waals surface area (Å²) in [6.45, 7) is 1.25. The molecule has 3 fully saturated rings. The van der Waals surface area contributed by atoms with Crippen LogP contribution in [0.3, 0.4) is 0 Å². The summed E-state index contributed by atoms with van der Waals surface area (Å²) >= 11 is 0. The van der Waals surface area contributed by atoms with Gasteiger partial charge in [0.05, 0.1) is 18.6 Å². The van der Waals surface area contributed by atoms with Gasteiger partial charge >= 0.3 is 0 Å². The van der Waals surface area contributed by atoms with Crippen molar-refractivity contribution in [2.24, 2.45) is 5.92 Å². The Morgan fingerprint density at radius 3 is 2.62 bits per heavy atom. The Kier molecular flexibility index (Phi) is 4.22. The van der Waals surface area contributed by atoms with Gasteiger partial charge in [0, 0.05) is 31.4 Å². The first-order chi connectivity index (χ1) is 11.8. The molecule has 2 amide bonds. The van der Waals surface area contributed by atoms with Crippen molar-refractivity contribution < 1.29 is 14.4 Å². The van der Waals surface area contributed by atoms with Crippen molar-refractivity contribution in [3.05, 3.63) is 30.1 Å². The van der Waals surface area contributed by atoms with Crippen molar-refractivity contribution >= 4 is 11.8 Å². The summed E-state index contributed by atoms with van der Waals surface area (Å²) in [5.74, 6) is -0.0404. The maximum Gasteiger partial charge on any atom is 0.251 e. The maximum absolute atomic E-state index is 13.1. The normalized spacial score (nSPS) is 28.1. The molecule has 1 aliphatic carbocycles. The van der Waals surface area contributed by atoms with Crippen LogP contribution >= 0.6 is 0 Å². The fourth-order valence-electron chi connectivity index (χ4n) is 3.87. The molecule has 6 heteroatoms. The monoisotopic (exact) mass is 329 g/mol. The van der Waals surface area contributed by atoms with E-state index in [1.54, 1.807) is 12.4 Å². The average molecular weight is 329 g/mol. The molecule has 6 nitrogen and oxygen atoms in total. The number of nitrogens with zero attached hydrogens (tertiary/aromatic N) is 3. The van der Waals surface area contributed by atoms with Crippen molar-refractivity contribution in [2.75, 3.05) is 13.2 Å². The van der Waals surface area contributed by atoms with Crippen molar-refractivity contribution in [3.63, 3.8) is 0 Å². The molecule has 4 rings (SSSR count). The first-order valence-corrected chi connectivity index (χ1v) is 8.91. The molecule has 0 aromatic carbocycles. The highest BCUT2D eigenvalue weighted by atomic mass is 16.7. The molecule has 24 heavy (non-hydrogen) atoms. The Morgan fingerprint density at radius 1 is 1.17 bits per heavy atom. The number of hydrogen-bond donors (Lipinski definition) is 0. The van der Waals surface area contributed by atoms with E-state index in [9.17, 15) is 9.59 Å². The molecular weight excluding hydrogens is 306 g/mol. The third-order valence-electron chi connectivity index (χ3n) is 5.19. The summed E-state index contributed by atoms with van der Waals surface area (Å²) in [4.78, 5) is 37.3. The van der Waals surface area contributed by atoms with Crippen molar-refractivity contribution in [1.29, 1.82) is 0 Å². The predicted molar refractivity (Wildman–Crippen MR) is 86.5 cm³/mol. The molecule has 2 atom stereocenters. The van der Waals surface area contributed by atoms with Gasteiger partial charge in [0.2, 0.25) is 5.91 Å². The lowest BCUT2D eigenvalue weighted by Gasteiger charge is -2.42. The van der Waals surface area contributed by atoms with E-state index in [4.69, 9.17) is 4.84 Å². The number of hydroxylamine groups is 2. The van der Waals surface area contributed by atoms with E-state index < -0.39 is 0 Å². The molecule has 0 bridgehead atoms. The number of carbonyl (C=O) groups excluding carboxylic acids is 2. The van der Waals surface area contributed by atoms with Gasteiger partial charge < -0.3 is 4.90 Å². The summed E-state index contributed by atoms with van der Waals surface area (Å²) in [5, 5.41) is 1.53. The number of amides is 2. The molecule has 1 saturated carbocycles. The quantitative estimate of drug-likeness (QED) is 0.852. The summed E-state index contributed by atoms with van der Waals surface area (Å²) in [6.07, 6.45) is 8.55. The second kappa shape index (κ2) is 6.51. The number of carbonyl (C=O) groups is 2. The summed E-state index contributed by atoms with van der Waals surface area (Å²) in [5.41, 5.74) is 1.00. The van der Waals surface area contributed by atoms with Crippen LogP contribution in [0.5, 0.6) is 0 Å². The van der Waals surface area contributed by atoms with Gasteiger partial charge in [0.15, 0.2) is 0 Å². The van der Waals surface area contributed by atoms with E-state index in [-0.39, 0.29) is 29.8 Å². The second-order valence-corrected chi connectivity index (χ2v) is 6.88. The molecule has 1 aromatic heterocycles. The molecule has 3 aliphatic rings. The second-order valence-electron chi connectivity index (χ2n) is 6.88. The summed E-state index contributed by atoms with van der Waals surface area (Å²) in [6, 6.07) is 3.94. The van der Waals surface area contributed by atoms with Crippen LogP contribution in [0.4, 0.5) is 0 Å². The zero-order valence-electron chi connectivity index (χ0n) is 13.8. The fourth-order valence-corrected chi connectivity index (χ4v) is 3.87. The van der Waals surface area contributed by atoms with Crippen LogP contribution in [0.1, 0.15) is 50.1 Å². The van der Waals surface area contributed by atoms with Gasteiger partial charge in [-0.3, -0.25) is 19.4 Å². The third-order valence-corrected chi connectivity index (χ3v) is 5.19. The maximum atomic E-state index is 13.1. The lowest BCUT2D eigenvalue weighted by molar-refractivity contribution is -0.204. The number of piperidine rings is 1. The van der Waals surface area contributed by atoms with E-state index >= 15 is 0 Å². The molecule has 128 valence electrons. The SMILES string of the molecule is O=C([C@H]1CCC(=O)N(C2CC2)[C@@H]1c1ccncc1)N1CCCCO1. The standard InChI is InChI=1S/C18H23N3O3/c22-16-6-5-15(18(23)20-11-1-2-12-24-20)17(21(16)14-3-4-14)13-7-9-19-10-8-13/h7-10,14-15,17H,1-6,11-12H2/t15-,17+/m0/s1. The van der Waals surface area contributed by atoms with Crippen LogP contribution in [-0.2, 0) is 14.4 Å². The topological polar surface area (TPSA) is 62.7 Å². The van der Waals surface area contributed by atoms with Crippen molar-refractivity contribution in [1.82, 2.24) is 14.9 Å². The van der Waals surface area contributed by atoms with E-state index in [1.807, 2.05) is 17.0 Å². The minimum absolute atomic E-state index is 0.0228. The summed E-state index contributed by atoms with van der Waals surface area (Å²) in [7, 11) is 0. The van der Waals surface area contributed by atoms with E-state index in [2.05, 4.69) is 4.98 Å². The molecule has 0 radical (unpaired) electrons. The minimum Gasteiger partial charge on any atom is -0.332 e. The number of rotatable bonds is 3. The van der Waals surface area contributed by atoms with Gasteiger partial charge in [-0.1, -0.05) is 0 Å². The average Bonchev–Trinajstić information content (AvgIpc) is 3.47. The number of hydrogen-bond acceptors (Lipinski definition) is 4. The smallest absolute Gasteiger partial charge is 0.251 e. The molecule has 0 spiro atoms. The lowest BCUT2D eigenvalue weighted by atomic mass is 9.83. The van der Waals surface area contributed by atoms with E-state index in [0.29, 0.717) is 26.0 Å². The van der Waals surface area contributed by atoms with Crippen LogP contribution in [0.2, 0.25) is 0 Å². The molecule has 3 heterocycles. The predicted octanol–water partition coefficient (Wildman–Crippen LogP) is 2.08. The zero-order valence-corrected chi connectivity index (χ0v) is 13.8. The zero-order chi connectivity index (χ0) is 16.5. The van der Waals surface area contributed by atoms with Gasteiger partial charge in [-0.15, -0.1) is 0 Å². The third kappa shape index (κ3) is 2.90. The van der Waals surface area contributed by atoms with Gasteiger partial charge in [0.1, 0.15) is 0 Å². The Labute approximate surface area is 141 Å². The first kappa shape index (κ1) is 15.6. The van der Waals surface area contributed by atoms with Crippen molar-refractivity contribution in [2.45, 2.75) is 50.6 Å². The Balaban J connectivity index is 1.65. The molecule has 0 unspecified atom stereocenters. The van der Waals surface area contributed by atoms with Gasteiger partial charge in [-0.25, -0.2) is 5.06 Å². The highest BCUT2D eigenvalue weighted by Crippen LogP contribution is 2.44. The molecule has 1 aromatic rings. The molecule has 0 N–H and O–H groups in total. The van der Waals surface area contributed by atoms with Crippen LogP contribution in [-0.4, -0.2) is 46.0 Å². The van der Waals surface area contributed by atoms with Gasteiger partial charge in [-0.2, -0.15) is 0 Å². The van der Waals surface area contributed by atoms with Crippen LogP contribution in [0.25, 0.3) is 0 Å². The minimum atomic E-state index is -0.233. The van der Waals surface area contributed by atoms with Gasteiger partial charge in [-0.05, 0) is 49.8 Å². The van der Waals surface area contributed by atoms with E-state index in [0.717, 1.165) is 31.2 Å².